The molecule has 150 valence electrons. The molecule has 0 N–H and O–H groups in total. The highest BCUT2D eigenvalue weighted by Crippen LogP contribution is 2.36. The normalized spacial score (nSPS) is 20.4. The number of hydrogen-bond donors (Lipinski definition) is 0. The van der Waals surface area contributed by atoms with E-state index in [1.165, 1.54) is 23.4 Å². The predicted molar refractivity (Wildman–Crippen MR) is 98.1 cm³/mol. The lowest BCUT2D eigenvalue weighted by atomic mass is 10.2. The lowest BCUT2D eigenvalue weighted by Gasteiger charge is -2.29. The first-order valence-electron chi connectivity index (χ1n) is 9.24. The number of amides is 1. The van der Waals surface area contributed by atoms with Gasteiger partial charge in [0.25, 0.3) is 0 Å². The van der Waals surface area contributed by atoms with Crippen molar-refractivity contribution in [2.75, 3.05) is 13.1 Å². The van der Waals surface area contributed by atoms with Gasteiger partial charge in [0, 0.05) is 26.6 Å². The van der Waals surface area contributed by atoms with Crippen LogP contribution in [-0.4, -0.2) is 51.4 Å². The quantitative estimate of drug-likeness (QED) is 0.771. The topological polar surface area (TPSA) is 88.4 Å². The van der Waals surface area contributed by atoms with Crippen LogP contribution in [0.25, 0.3) is 0 Å². The largest absolute Gasteiger partial charge is 0.334 e. The van der Waals surface area contributed by atoms with E-state index >= 15 is 0 Å². The van der Waals surface area contributed by atoms with Crippen molar-refractivity contribution < 1.29 is 17.6 Å². The molecule has 2 aliphatic rings. The second kappa shape index (κ2) is 6.93. The van der Waals surface area contributed by atoms with Gasteiger partial charge in [0.05, 0.1) is 17.5 Å². The van der Waals surface area contributed by atoms with E-state index in [4.69, 9.17) is 0 Å². The summed E-state index contributed by atoms with van der Waals surface area (Å²) in [4.78, 5) is 13.2. The minimum atomic E-state index is -3.86. The van der Waals surface area contributed by atoms with E-state index in [1.807, 2.05) is 4.57 Å². The maximum atomic E-state index is 14.0. The van der Waals surface area contributed by atoms with E-state index in [9.17, 15) is 17.6 Å². The third kappa shape index (κ3) is 3.10. The Morgan fingerprint density at radius 2 is 2.00 bits per heavy atom. The average molecular weight is 407 g/mol. The van der Waals surface area contributed by atoms with Gasteiger partial charge in [0.2, 0.25) is 15.9 Å². The zero-order chi connectivity index (χ0) is 20.1. The second-order valence-electron chi connectivity index (χ2n) is 7.25. The van der Waals surface area contributed by atoms with Crippen LogP contribution in [-0.2, 0) is 27.9 Å². The summed E-state index contributed by atoms with van der Waals surface area (Å²) in [7, 11) is -3.86. The summed E-state index contributed by atoms with van der Waals surface area (Å²) in [5, 5.41) is 8.44. The van der Waals surface area contributed by atoms with Gasteiger partial charge in [0.1, 0.15) is 5.82 Å². The van der Waals surface area contributed by atoms with E-state index in [1.54, 1.807) is 11.8 Å². The van der Waals surface area contributed by atoms with Crippen LogP contribution in [0, 0.1) is 12.7 Å². The van der Waals surface area contributed by atoms with Crippen LogP contribution < -0.4 is 0 Å². The number of hydrogen-bond acceptors (Lipinski definition) is 5. The van der Waals surface area contributed by atoms with E-state index in [0.717, 1.165) is 6.07 Å². The number of aromatic nitrogens is 3. The van der Waals surface area contributed by atoms with Crippen LogP contribution in [0.3, 0.4) is 0 Å². The molecule has 1 atom stereocenters. The molecular weight excluding hydrogens is 385 g/mol. The lowest BCUT2D eigenvalue weighted by Crippen LogP contribution is -2.38. The van der Waals surface area contributed by atoms with Crippen molar-refractivity contribution in [2.45, 2.75) is 50.7 Å². The number of halogens is 1. The maximum Gasteiger partial charge on any atom is 0.243 e. The first-order valence-corrected chi connectivity index (χ1v) is 10.7. The molecule has 1 amide bonds. The number of carbonyl (C=O) groups excluding carboxylic acids is 1. The Morgan fingerprint density at radius 3 is 2.71 bits per heavy atom. The fraction of sp³-hybridized carbons (Fsp3) is 0.500. The second-order valence-corrected chi connectivity index (χ2v) is 9.14. The third-order valence-electron chi connectivity index (χ3n) is 5.48. The molecule has 0 aliphatic carbocycles. The van der Waals surface area contributed by atoms with Crippen LogP contribution in [0.1, 0.15) is 43.0 Å². The highest BCUT2D eigenvalue weighted by Gasteiger charge is 2.40. The van der Waals surface area contributed by atoms with Crippen molar-refractivity contribution in [3.63, 3.8) is 0 Å². The van der Waals surface area contributed by atoms with Crippen molar-refractivity contribution in [3.8, 4) is 0 Å². The zero-order valence-corrected chi connectivity index (χ0v) is 16.6. The number of nitrogens with zero attached hydrogens (tertiary/aromatic N) is 5. The van der Waals surface area contributed by atoms with Crippen LogP contribution >= 0.6 is 0 Å². The molecule has 0 bridgehead atoms. The molecule has 28 heavy (non-hydrogen) atoms. The fourth-order valence-electron chi connectivity index (χ4n) is 3.85. The number of fused-ring (bicyclic) bond motifs is 1. The van der Waals surface area contributed by atoms with Crippen molar-refractivity contribution >= 4 is 15.9 Å². The van der Waals surface area contributed by atoms with Gasteiger partial charge in [-0.05, 0) is 37.5 Å². The predicted octanol–water partition coefficient (Wildman–Crippen LogP) is 1.61. The summed E-state index contributed by atoms with van der Waals surface area (Å²) in [6, 6.07) is 3.54. The third-order valence-corrected chi connectivity index (χ3v) is 7.38. The summed E-state index contributed by atoms with van der Waals surface area (Å²) in [5.41, 5.74) is 0.401. The van der Waals surface area contributed by atoms with E-state index < -0.39 is 21.9 Å². The monoisotopic (exact) mass is 407 g/mol. The number of benzene rings is 1. The first kappa shape index (κ1) is 19.0. The van der Waals surface area contributed by atoms with Crippen LogP contribution in [0.2, 0.25) is 0 Å². The van der Waals surface area contributed by atoms with Gasteiger partial charge in [-0.25, -0.2) is 12.8 Å². The fourth-order valence-corrected chi connectivity index (χ4v) is 5.52. The van der Waals surface area contributed by atoms with Crippen LogP contribution in [0.15, 0.2) is 23.1 Å². The number of aryl methyl sites for hydroxylation is 1. The summed E-state index contributed by atoms with van der Waals surface area (Å²) in [5.74, 6) is 0.678. The Bertz CT molecular complexity index is 1040. The summed E-state index contributed by atoms with van der Waals surface area (Å²) < 4.78 is 43.6. The van der Waals surface area contributed by atoms with E-state index in [0.29, 0.717) is 56.2 Å². The van der Waals surface area contributed by atoms with Gasteiger partial charge in [-0.3, -0.25) is 4.79 Å². The highest BCUT2D eigenvalue weighted by molar-refractivity contribution is 7.89. The molecule has 3 heterocycles. The Morgan fingerprint density at radius 1 is 1.21 bits per heavy atom. The summed E-state index contributed by atoms with van der Waals surface area (Å²) >= 11 is 0. The molecule has 0 spiro atoms. The SMILES string of the molecule is CC(=O)N1CCn2c(nnc2C2CCCN2S(=O)(=O)c2ccc(C)c(F)c2)C1. The molecule has 1 aromatic carbocycles. The van der Waals surface area contributed by atoms with Gasteiger partial charge >= 0.3 is 0 Å². The molecule has 0 saturated carbocycles. The molecule has 1 saturated heterocycles. The molecule has 2 aliphatic heterocycles. The van der Waals surface area contributed by atoms with Crippen molar-refractivity contribution in [3.05, 3.63) is 41.2 Å². The molecule has 0 radical (unpaired) electrons. The molecule has 2 aromatic rings. The van der Waals surface area contributed by atoms with Gasteiger partial charge in [-0.2, -0.15) is 4.31 Å². The Labute approximate surface area is 163 Å². The molecule has 1 fully saturated rings. The minimum absolute atomic E-state index is 0.0257. The van der Waals surface area contributed by atoms with Crippen molar-refractivity contribution in [1.82, 2.24) is 24.0 Å². The standard InChI is InChI=1S/C18H22FN5O3S/c1-12-5-6-14(10-15(12)19)28(26,27)24-7-3-4-16(24)18-21-20-17-11-22(13(2)25)8-9-23(17)18/h5-6,10,16H,3-4,7-9,11H2,1-2H3. The Kier molecular flexibility index (Phi) is 4.70. The summed E-state index contributed by atoms with van der Waals surface area (Å²) in [6.07, 6.45) is 1.32. The van der Waals surface area contributed by atoms with Gasteiger partial charge in [-0.15, -0.1) is 10.2 Å². The Hall–Kier alpha value is -2.33. The number of rotatable bonds is 3. The van der Waals surface area contributed by atoms with E-state index in [-0.39, 0.29) is 10.8 Å². The first-order chi connectivity index (χ1) is 13.3. The number of sulfonamides is 1. The summed E-state index contributed by atoms with van der Waals surface area (Å²) in [6.45, 7) is 4.89. The lowest BCUT2D eigenvalue weighted by molar-refractivity contribution is -0.130. The van der Waals surface area contributed by atoms with Crippen LogP contribution in [0.5, 0.6) is 0 Å². The van der Waals surface area contributed by atoms with Gasteiger partial charge in [-0.1, -0.05) is 6.07 Å². The minimum Gasteiger partial charge on any atom is -0.334 e. The average Bonchev–Trinajstić information content (AvgIpc) is 3.29. The highest BCUT2D eigenvalue weighted by atomic mass is 32.2. The molecule has 1 aromatic heterocycles. The van der Waals surface area contributed by atoms with Crippen molar-refractivity contribution in [1.29, 1.82) is 0 Å². The van der Waals surface area contributed by atoms with Crippen molar-refractivity contribution in [2.24, 2.45) is 0 Å². The molecule has 10 heteroatoms. The smallest absolute Gasteiger partial charge is 0.243 e. The maximum absolute atomic E-state index is 14.0. The zero-order valence-electron chi connectivity index (χ0n) is 15.8. The molecule has 4 rings (SSSR count). The molecule has 1 unspecified atom stereocenters. The van der Waals surface area contributed by atoms with Gasteiger partial charge < -0.3 is 9.47 Å². The van der Waals surface area contributed by atoms with E-state index in [2.05, 4.69) is 10.2 Å². The number of carbonyl (C=O) groups is 1. The molecule has 8 nitrogen and oxygen atoms in total. The Balaban J connectivity index is 1.66. The molecular formula is C18H22FN5O3S. The van der Waals surface area contributed by atoms with Gasteiger partial charge in [0.15, 0.2) is 11.6 Å². The van der Waals surface area contributed by atoms with Crippen LogP contribution in [0.4, 0.5) is 4.39 Å².